The van der Waals surface area contributed by atoms with E-state index in [0.29, 0.717) is 6.42 Å². The second-order valence-electron chi connectivity index (χ2n) is 2.41. The van der Waals surface area contributed by atoms with Crippen LogP contribution in [0.3, 0.4) is 0 Å². The molecule has 0 saturated heterocycles. The molecule has 0 atom stereocenters. The van der Waals surface area contributed by atoms with Crippen LogP contribution < -0.4 is 5.32 Å². The van der Waals surface area contributed by atoms with Crippen LogP contribution in [0.5, 0.6) is 0 Å². The van der Waals surface area contributed by atoms with Gasteiger partial charge in [0.25, 0.3) is 0 Å². The van der Waals surface area contributed by atoms with Crippen molar-refractivity contribution >= 4 is 5.91 Å². The molecule has 12 heavy (non-hydrogen) atoms. The van der Waals surface area contributed by atoms with Gasteiger partial charge in [0, 0.05) is 13.0 Å². The molecule has 2 heteroatoms. The molecule has 1 N–H and O–H groups in total. The number of unbranched alkanes of at least 4 members (excludes halogenated alkanes) is 2. The summed E-state index contributed by atoms with van der Waals surface area (Å²) in [6.07, 6.45) is 4.07. The molecule has 0 aliphatic carbocycles. The lowest BCUT2D eigenvalue weighted by Gasteiger charge is -1.99. The monoisotopic (exact) mass is 173 g/mol. The third-order valence-corrected chi connectivity index (χ3v) is 1.38. The molecule has 74 valence electrons. The number of carbonyl (C=O) groups is 1. The van der Waals surface area contributed by atoms with Crippen molar-refractivity contribution in [2.45, 2.75) is 53.4 Å². The van der Waals surface area contributed by atoms with Gasteiger partial charge in [0.1, 0.15) is 0 Å². The fourth-order valence-corrected chi connectivity index (χ4v) is 0.821. The van der Waals surface area contributed by atoms with Gasteiger partial charge in [0.05, 0.1) is 0 Å². The second-order valence-corrected chi connectivity index (χ2v) is 2.41. The molecule has 0 aromatic heterocycles. The van der Waals surface area contributed by atoms with Crippen LogP contribution in [0.15, 0.2) is 0 Å². The summed E-state index contributed by atoms with van der Waals surface area (Å²) in [5, 5.41) is 2.77. The SMILES string of the molecule is CC.CCCCCC(=O)NCC. The molecule has 2 nitrogen and oxygen atoms in total. The summed E-state index contributed by atoms with van der Waals surface area (Å²) in [6, 6.07) is 0. The van der Waals surface area contributed by atoms with E-state index in [0.717, 1.165) is 19.4 Å². The fraction of sp³-hybridized carbons (Fsp3) is 0.900. The van der Waals surface area contributed by atoms with E-state index in [1.807, 2.05) is 20.8 Å². The Bertz CT molecular complexity index is 91.8. The van der Waals surface area contributed by atoms with Gasteiger partial charge < -0.3 is 5.32 Å². The van der Waals surface area contributed by atoms with Crippen LogP contribution in [0.4, 0.5) is 0 Å². The van der Waals surface area contributed by atoms with Gasteiger partial charge in [-0.15, -0.1) is 0 Å². The first-order chi connectivity index (χ1) is 5.81. The highest BCUT2D eigenvalue weighted by Gasteiger charge is 1.96. The van der Waals surface area contributed by atoms with Crippen molar-refractivity contribution in [3.63, 3.8) is 0 Å². The number of amides is 1. The van der Waals surface area contributed by atoms with E-state index in [1.54, 1.807) is 0 Å². The van der Waals surface area contributed by atoms with Gasteiger partial charge >= 0.3 is 0 Å². The summed E-state index contributed by atoms with van der Waals surface area (Å²) < 4.78 is 0. The minimum atomic E-state index is 0.191. The lowest BCUT2D eigenvalue weighted by atomic mass is 10.2. The summed E-state index contributed by atoms with van der Waals surface area (Å²) in [5.41, 5.74) is 0. The van der Waals surface area contributed by atoms with E-state index in [4.69, 9.17) is 0 Å². The number of hydrogen-bond donors (Lipinski definition) is 1. The summed E-state index contributed by atoms with van der Waals surface area (Å²) in [7, 11) is 0. The molecule has 0 spiro atoms. The first kappa shape index (κ1) is 14.0. The van der Waals surface area contributed by atoms with Crippen LogP contribution in [0, 0.1) is 0 Å². The zero-order valence-corrected chi connectivity index (χ0v) is 8.94. The van der Waals surface area contributed by atoms with E-state index < -0.39 is 0 Å². The Morgan fingerprint density at radius 3 is 2.17 bits per heavy atom. The normalized spacial score (nSPS) is 8.33. The lowest BCUT2D eigenvalue weighted by Crippen LogP contribution is -2.21. The Hall–Kier alpha value is -0.530. The third kappa shape index (κ3) is 12.2. The maximum absolute atomic E-state index is 10.8. The first-order valence-corrected chi connectivity index (χ1v) is 5.08. The standard InChI is InChI=1S/C8H17NO.C2H6/c1-3-5-6-7-8(10)9-4-2;1-2/h3-7H2,1-2H3,(H,9,10);1-2H3. The molecule has 1 amide bonds. The highest BCUT2D eigenvalue weighted by molar-refractivity contribution is 5.75. The molecular weight excluding hydrogens is 150 g/mol. The van der Waals surface area contributed by atoms with E-state index in [-0.39, 0.29) is 5.91 Å². The van der Waals surface area contributed by atoms with Crippen molar-refractivity contribution in [1.29, 1.82) is 0 Å². The molecule has 0 radical (unpaired) electrons. The zero-order chi connectivity index (χ0) is 9.82. The molecule has 0 unspecified atom stereocenters. The van der Waals surface area contributed by atoms with Gasteiger partial charge in [0.15, 0.2) is 0 Å². The van der Waals surface area contributed by atoms with Gasteiger partial charge in [0.2, 0.25) is 5.91 Å². The molecule has 0 fully saturated rings. The summed E-state index contributed by atoms with van der Waals surface area (Å²) >= 11 is 0. The lowest BCUT2D eigenvalue weighted by molar-refractivity contribution is -0.121. The van der Waals surface area contributed by atoms with Crippen LogP contribution in [0.2, 0.25) is 0 Å². The van der Waals surface area contributed by atoms with Gasteiger partial charge in [-0.1, -0.05) is 33.6 Å². The Morgan fingerprint density at radius 2 is 1.75 bits per heavy atom. The summed E-state index contributed by atoms with van der Waals surface area (Å²) in [5.74, 6) is 0.191. The topological polar surface area (TPSA) is 29.1 Å². The molecule has 0 aromatic rings. The van der Waals surface area contributed by atoms with Crippen LogP contribution in [0.1, 0.15) is 53.4 Å². The van der Waals surface area contributed by atoms with Crippen LogP contribution in [-0.2, 0) is 4.79 Å². The number of rotatable bonds is 5. The van der Waals surface area contributed by atoms with Crippen molar-refractivity contribution in [3.8, 4) is 0 Å². The zero-order valence-electron chi connectivity index (χ0n) is 8.94. The molecular formula is C10H23NO. The number of nitrogens with one attached hydrogen (secondary N) is 1. The van der Waals surface area contributed by atoms with E-state index in [9.17, 15) is 4.79 Å². The van der Waals surface area contributed by atoms with Crippen molar-refractivity contribution in [2.75, 3.05) is 6.54 Å². The minimum Gasteiger partial charge on any atom is -0.356 e. The molecule has 0 rings (SSSR count). The van der Waals surface area contributed by atoms with E-state index in [1.165, 1.54) is 6.42 Å². The van der Waals surface area contributed by atoms with Crippen molar-refractivity contribution in [3.05, 3.63) is 0 Å². The Kier molecular flexibility index (Phi) is 15.3. The molecule has 0 heterocycles. The first-order valence-electron chi connectivity index (χ1n) is 5.08. The quantitative estimate of drug-likeness (QED) is 0.636. The highest BCUT2D eigenvalue weighted by Crippen LogP contribution is 1.97. The minimum absolute atomic E-state index is 0.191. The van der Waals surface area contributed by atoms with Crippen molar-refractivity contribution < 1.29 is 4.79 Å². The van der Waals surface area contributed by atoms with Crippen molar-refractivity contribution in [2.24, 2.45) is 0 Å². The van der Waals surface area contributed by atoms with Gasteiger partial charge in [-0.05, 0) is 13.3 Å². The second kappa shape index (κ2) is 13.1. The maximum atomic E-state index is 10.8. The average Bonchev–Trinajstić information content (AvgIpc) is 2.09. The summed E-state index contributed by atoms with van der Waals surface area (Å²) in [4.78, 5) is 10.8. The van der Waals surface area contributed by atoms with Gasteiger partial charge in [-0.25, -0.2) is 0 Å². The predicted octanol–water partition coefficient (Wildman–Crippen LogP) is 2.73. The Labute approximate surface area is 76.7 Å². The fourth-order valence-electron chi connectivity index (χ4n) is 0.821. The van der Waals surface area contributed by atoms with Crippen LogP contribution in [-0.4, -0.2) is 12.5 Å². The van der Waals surface area contributed by atoms with E-state index >= 15 is 0 Å². The van der Waals surface area contributed by atoms with Crippen LogP contribution in [0.25, 0.3) is 0 Å². The van der Waals surface area contributed by atoms with Crippen LogP contribution >= 0.6 is 0 Å². The van der Waals surface area contributed by atoms with Gasteiger partial charge in [-0.2, -0.15) is 0 Å². The Balaban J connectivity index is 0. The molecule has 0 bridgehead atoms. The number of hydrogen-bond acceptors (Lipinski definition) is 1. The summed E-state index contributed by atoms with van der Waals surface area (Å²) in [6.45, 7) is 8.83. The van der Waals surface area contributed by atoms with Crippen molar-refractivity contribution in [1.82, 2.24) is 5.32 Å². The molecule has 0 aliphatic rings. The predicted molar refractivity (Wildman–Crippen MR) is 54.2 cm³/mol. The maximum Gasteiger partial charge on any atom is 0.219 e. The largest absolute Gasteiger partial charge is 0.356 e. The average molecular weight is 173 g/mol. The molecule has 0 saturated carbocycles. The van der Waals surface area contributed by atoms with E-state index in [2.05, 4.69) is 12.2 Å². The Morgan fingerprint density at radius 1 is 1.17 bits per heavy atom. The smallest absolute Gasteiger partial charge is 0.219 e. The third-order valence-electron chi connectivity index (χ3n) is 1.38. The number of carbonyl (C=O) groups excluding carboxylic acids is 1. The molecule has 0 aromatic carbocycles. The molecule has 0 aliphatic heterocycles. The van der Waals surface area contributed by atoms with Gasteiger partial charge in [-0.3, -0.25) is 4.79 Å². The highest BCUT2D eigenvalue weighted by atomic mass is 16.1.